The molecule has 0 heterocycles. The highest BCUT2D eigenvalue weighted by Gasteiger charge is 2.51. The van der Waals surface area contributed by atoms with Gasteiger partial charge in [-0.25, -0.2) is 0 Å². The van der Waals surface area contributed by atoms with E-state index in [1.165, 1.54) is 5.57 Å². The molecule has 1 fully saturated rings. The van der Waals surface area contributed by atoms with Crippen molar-refractivity contribution in [3.8, 4) is 0 Å². The molecule has 0 amide bonds. The van der Waals surface area contributed by atoms with Crippen molar-refractivity contribution in [2.24, 2.45) is 22.4 Å². The van der Waals surface area contributed by atoms with Gasteiger partial charge in [0, 0.05) is 6.10 Å². The molecular weight excluding hydrogens is 419 g/mol. The molecule has 0 radical (unpaired) electrons. The molecule has 0 bridgehead atoms. The van der Waals surface area contributed by atoms with Gasteiger partial charge >= 0.3 is 6.18 Å². The lowest BCUT2D eigenvalue weighted by molar-refractivity contribution is -0.0604. The largest absolute Gasteiger partial charge is 0.436 e. The van der Waals surface area contributed by atoms with Gasteiger partial charge in [0.05, 0.1) is 0 Å². The van der Waals surface area contributed by atoms with Crippen molar-refractivity contribution in [1.82, 2.24) is 0 Å². The van der Waals surface area contributed by atoms with Gasteiger partial charge in [-0.3, -0.25) is 0 Å². The Kier molecular flexibility index (Phi) is 7.95. The van der Waals surface area contributed by atoms with Crippen molar-refractivity contribution in [2.75, 3.05) is 7.11 Å². The van der Waals surface area contributed by atoms with Crippen LogP contribution in [0, 0.1) is 17.3 Å². The Morgan fingerprint density at radius 1 is 1.32 bits per heavy atom. The highest BCUT2D eigenvalue weighted by Crippen LogP contribution is 2.56. The van der Waals surface area contributed by atoms with E-state index in [1.54, 1.807) is 6.08 Å². The van der Waals surface area contributed by atoms with Gasteiger partial charge in [-0.05, 0) is 67.1 Å². The minimum absolute atomic E-state index is 0.0615. The highest BCUT2D eigenvalue weighted by atomic mass is 28.4. The second-order valence-electron chi connectivity index (χ2n) is 10.9. The average molecular weight is 460 g/mol. The molecule has 0 aromatic heterocycles. The molecule has 0 aromatic rings. The first kappa shape index (κ1) is 26.2. The van der Waals surface area contributed by atoms with E-state index in [0.29, 0.717) is 12.3 Å². The summed E-state index contributed by atoms with van der Waals surface area (Å²) >= 11 is 0. The smallest absolute Gasteiger partial charge is 0.414 e. The van der Waals surface area contributed by atoms with E-state index < -0.39 is 20.2 Å². The maximum Gasteiger partial charge on any atom is 0.436 e. The standard InChI is InChI=1S/C24H40F3NO2Si/c1-17(11-9-13-21(28-29-6)24(25,26)27)18-14-15-19-20(12-10-16-23(18,19)5)30-31(7,8)22(2,3)4/h9,13-14,17,19-20H,10-12,15-16H2,1-8H3/b13-9+,28-21+/t17-,19+,20?,23-/m1/s1. The van der Waals surface area contributed by atoms with Gasteiger partial charge in [0.25, 0.3) is 0 Å². The van der Waals surface area contributed by atoms with Crippen molar-refractivity contribution in [3.63, 3.8) is 0 Å². The van der Waals surface area contributed by atoms with Crippen LogP contribution in [-0.2, 0) is 9.26 Å². The molecule has 2 aliphatic rings. The fourth-order valence-corrected chi connectivity index (χ4v) is 6.36. The van der Waals surface area contributed by atoms with E-state index in [0.717, 1.165) is 38.9 Å². The second-order valence-corrected chi connectivity index (χ2v) is 15.7. The number of rotatable bonds is 7. The molecule has 0 N–H and O–H groups in total. The Bertz CT molecular complexity index is 721. The fraction of sp³-hybridized carbons (Fsp3) is 0.792. The normalized spacial score (nSPS) is 29.1. The van der Waals surface area contributed by atoms with Crippen molar-refractivity contribution < 1.29 is 22.4 Å². The lowest BCUT2D eigenvalue weighted by Crippen LogP contribution is -2.49. The Morgan fingerprint density at radius 2 is 1.97 bits per heavy atom. The van der Waals surface area contributed by atoms with E-state index in [-0.39, 0.29) is 22.5 Å². The third-order valence-electron chi connectivity index (χ3n) is 7.73. The lowest BCUT2D eigenvalue weighted by atomic mass is 9.63. The van der Waals surface area contributed by atoms with Gasteiger partial charge in [0.2, 0.25) is 0 Å². The number of hydrogen-bond acceptors (Lipinski definition) is 3. The number of hydrogen-bond donors (Lipinski definition) is 0. The van der Waals surface area contributed by atoms with Gasteiger partial charge < -0.3 is 9.26 Å². The van der Waals surface area contributed by atoms with Crippen LogP contribution in [0.4, 0.5) is 13.2 Å². The zero-order chi connectivity index (χ0) is 23.7. The van der Waals surface area contributed by atoms with Crippen LogP contribution < -0.4 is 0 Å². The number of alkyl halides is 3. The summed E-state index contributed by atoms with van der Waals surface area (Å²) in [4.78, 5) is 4.34. The SMILES string of the molecule is CO/N=C(\C=C\C[C@@H](C)C1=CC[C@H]2C(O[Si](C)(C)C(C)(C)C)CCC[C@]12C)C(F)(F)F. The first-order valence-electron chi connectivity index (χ1n) is 11.4. The van der Waals surface area contributed by atoms with Gasteiger partial charge in [-0.2, -0.15) is 13.2 Å². The molecule has 0 saturated heterocycles. The molecule has 3 nitrogen and oxygen atoms in total. The average Bonchev–Trinajstić information content (AvgIpc) is 2.97. The quantitative estimate of drug-likeness (QED) is 0.169. The summed E-state index contributed by atoms with van der Waals surface area (Å²) in [6.07, 6.45) is 5.57. The molecule has 1 unspecified atom stereocenters. The molecule has 4 atom stereocenters. The van der Waals surface area contributed by atoms with Gasteiger partial charge in [-0.1, -0.05) is 63.9 Å². The minimum atomic E-state index is -4.52. The summed E-state index contributed by atoms with van der Waals surface area (Å²) in [6.45, 7) is 15.9. The van der Waals surface area contributed by atoms with Crippen LogP contribution in [-0.4, -0.2) is 33.4 Å². The number of allylic oxidation sites excluding steroid dienone is 4. The van der Waals surface area contributed by atoms with E-state index in [1.807, 2.05) is 0 Å². The van der Waals surface area contributed by atoms with Crippen molar-refractivity contribution in [1.29, 1.82) is 0 Å². The molecule has 0 aromatic carbocycles. The van der Waals surface area contributed by atoms with Crippen LogP contribution in [0.1, 0.15) is 66.7 Å². The van der Waals surface area contributed by atoms with E-state index in [4.69, 9.17) is 4.43 Å². The third-order valence-corrected chi connectivity index (χ3v) is 12.2. The van der Waals surface area contributed by atoms with E-state index >= 15 is 0 Å². The molecule has 7 heteroatoms. The molecule has 31 heavy (non-hydrogen) atoms. The van der Waals surface area contributed by atoms with Crippen molar-refractivity contribution >= 4 is 14.0 Å². The van der Waals surface area contributed by atoms with Gasteiger partial charge in [-0.15, -0.1) is 0 Å². The number of nitrogens with zero attached hydrogens (tertiary/aromatic N) is 1. The van der Waals surface area contributed by atoms with Crippen LogP contribution in [0.15, 0.2) is 29.0 Å². The molecule has 2 aliphatic carbocycles. The van der Waals surface area contributed by atoms with Gasteiger partial charge in [0.15, 0.2) is 14.0 Å². The minimum Gasteiger partial charge on any atom is -0.414 e. The first-order valence-corrected chi connectivity index (χ1v) is 14.3. The Morgan fingerprint density at radius 3 is 2.52 bits per heavy atom. The molecular formula is C24H40F3NO2Si. The van der Waals surface area contributed by atoms with E-state index in [2.05, 4.69) is 63.8 Å². The zero-order valence-electron chi connectivity index (χ0n) is 20.4. The summed E-state index contributed by atoms with van der Waals surface area (Å²) < 4.78 is 45.8. The maximum absolute atomic E-state index is 13.0. The van der Waals surface area contributed by atoms with Crippen LogP contribution in [0.5, 0.6) is 0 Å². The van der Waals surface area contributed by atoms with Gasteiger partial charge in [0.1, 0.15) is 7.11 Å². The predicted octanol–water partition coefficient (Wildman–Crippen LogP) is 7.66. The van der Waals surface area contributed by atoms with E-state index in [9.17, 15) is 13.2 Å². The highest BCUT2D eigenvalue weighted by molar-refractivity contribution is 6.74. The van der Waals surface area contributed by atoms with Crippen molar-refractivity contribution in [3.05, 3.63) is 23.8 Å². The molecule has 178 valence electrons. The monoisotopic (exact) mass is 459 g/mol. The predicted molar refractivity (Wildman–Crippen MR) is 124 cm³/mol. The first-order chi connectivity index (χ1) is 14.1. The molecule has 1 saturated carbocycles. The topological polar surface area (TPSA) is 30.8 Å². The third kappa shape index (κ3) is 5.84. The van der Waals surface area contributed by atoms with Crippen LogP contribution in [0.3, 0.4) is 0 Å². The second kappa shape index (κ2) is 9.42. The molecule has 2 rings (SSSR count). The molecule has 0 aliphatic heterocycles. The Balaban J connectivity index is 2.11. The number of oxime groups is 1. The summed E-state index contributed by atoms with van der Waals surface area (Å²) in [7, 11) is -0.737. The maximum atomic E-state index is 13.0. The number of halogens is 3. The molecule has 0 spiro atoms. The van der Waals surface area contributed by atoms with Crippen molar-refractivity contribution in [2.45, 2.75) is 97.1 Å². The van der Waals surface area contributed by atoms with Crippen LogP contribution in [0.2, 0.25) is 18.1 Å². The summed E-state index contributed by atoms with van der Waals surface area (Å²) in [5, 5.41) is 3.28. The van der Waals surface area contributed by atoms with Crippen LogP contribution in [0.25, 0.3) is 0 Å². The Labute approximate surface area is 187 Å². The Hall–Kier alpha value is -1.08. The summed E-state index contributed by atoms with van der Waals surface area (Å²) in [6, 6.07) is 0. The zero-order valence-corrected chi connectivity index (χ0v) is 21.4. The fourth-order valence-electron chi connectivity index (χ4n) is 4.97. The summed E-state index contributed by atoms with van der Waals surface area (Å²) in [5.74, 6) is 0.632. The number of fused-ring (bicyclic) bond motifs is 1. The summed E-state index contributed by atoms with van der Waals surface area (Å²) in [5.41, 5.74) is 0.432. The lowest BCUT2D eigenvalue weighted by Gasteiger charge is -2.49. The van der Waals surface area contributed by atoms with Crippen LogP contribution >= 0.6 is 0 Å².